The first-order valence-electron chi connectivity index (χ1n) is 3.23. The van der Waals surface area contributed by atoms with Gasteiger partial charge >= 0.3 is 0 Å². The predicted molar refractivity (Wildman–Crippen MR) is 46.8 cm³/mol. The van der Waals surface area contributed by atoms with Crippen molar-refractivity contribution in [2.24, 2.45) is 0 Å². The Balaban J connectivity index is 3.19. The molecular formula is C8H6BrNO2. The third kappa shape index (κ3) is 1.51. The molecule has 0 amide bonds. The highest BCUT2D eigenvalue weighted by Gasteiger charge is 2.08. The van der Waals surface area contributed by atoms with Gasteiger partial charge in [0.25, 0.3) is 0 Å². The maximum absolute atomic E-state index is 9.28. The average molecular weight is 228 g/mol. The van der Waals surface area contributed by atoms with E-state index in [0.29, 0.717) is 10.0 Å². The molecule has 0 atom stereocenters. The van der Waals surface area contributed by atoms with Gasteiger partial charge in [0.2, 0.25) is 0 Å². The van der Waals surface area contributed by atoms with Crippen LogP contribution < -0.4 is 0 Å². The second kappa shape index (κ2) is 3.46. The molecule has 0 unspecified atom stereocenters. The lowest BCUT2D eigenvalue weighted by atomic mass is 10.1. The fraction of sp³-hybridized carbons (Fsp3) is 0.125. The molecule has 0 saturated heterocycles. The van der Waals surface area contributed by atoms with Crippen molar-refractivity contribution < 1.29 is 10.2 Å². The third-order valence-electron chi connectivity index (χ3n) is 1.46. The number of nitriles is 1. The molecule has 2 N–H and O–H groups in total. The Kier molecular flexibility index (Phi) is 2.56. The summed E-state index contributed by atoms with van der Waals surface area (Å²) in [6.07, 6.45) is 0.0900. The molecule has 4 heteroatoms. The summed E-state index contributed by atoms with van der Waals surface area (Å²) in [7, 11) is 0. The summed E-state index contributed by atoms with van der Waals surface area (Å²) in [5.74, 6) is -0.450. The van der Waals surface area contributed by atoms with Gasteiger partial charge < -0.3 is 10.2 Å². The minimum absolute atomic E-state index is 0.0900. The second-order valence-electron chi connectivity index (χ2n) is 2.24. The largest absolute Gasteiger partial charge is 0.504 e. The van der Waals surface area contributed by atoms with Gasteiger partial charge in [0.1, 0.15) is 0 Å². The van der Waals surface area contributed by atoms with E-state index in [9.17, 15) is 10.2 Å². The zero-order chi connectivity index (χ0) is 9.14. The molecule has 0 aliphatic heterocycles. The molecule has 1 aromatic rings. The monoisotopic (exact) mass is 227 g/mol. The lowest BCUT2D eigenvalue weighted by Gasteiger charge is -2.03. The van der Waals surface area contributed by atoms with Crippen molar-refractivity contribution in [3.8, 4) is 17.6 Å². The summed E-state index contributed by atoms with van der Waals surface area (Å²) < 4.78 is 0.418. The van der Waals surface area contributed by atoms with Gasteiger partial charge in [-0.15, -0.1) is 0 Å². The van der Waals surface area contributed by atoms with Crippen LogP contribution in [-0.4, -0.2) is 10.2 Å². The Hall–Kier alpha value is -1.21. The first-order chi connectivity index (χ1) is 5.66. The predicted octanol–water partition coefficient (Wildman–Crippen LogP) is 1.93. The maximum Gasteiger partial charge on any atom is 0.172 e. The SMILES string of the molecule is N#CCc1ccc(Br)c(O)c1O. The summed E-state index contributed by atoms with van der Waals surface area (Å²) in [6.45, 7) is 0. The Labute approximate surface area is 78.0 Å². The van der Waals surface area contributed by atoms with Crippen LogP contribution in [0.1, 0.15) is 5.56 Å². The van der Waals surface area contributed by atoms with E-state index in [0.717, 1.165) is 0 Å². The molecular weight excluding hydrogens is 222 g/mol. The number of phenols is 2. The van der Waals surface area contributed by atoms with Crippen molar-refractivity contribution in [2.45, 2.75) is 6.42 Å². The first-order valence-corrected chi connectivity index (χ1v) is 4.02. The molecule has 0 bridgehead atoms. The fourth-order valence-corrected chi connectivity index (χ4v) is 1.14. The summed E-state index contributed by atoms with van der Waals surface area (Å²) in [5, 5.41) is 26.8. The Morgan fingerprint density at radius 3 is 2.58 bits per heavy atom. The fourth-order valence-electron chi connectivity index (χ4n) is 0.825. The molecule has 0 saturated carbocycles. The van der Waals surface area contributed by atoms with Crippen LogP contribution >= 0.6 is 15.9 Å². The molecule has 0 radical (unpaired) electrons. The normalized spacial score (nSPS) is 9.33. The van der Waals surface area contributed by atoms with Crippen molar-refractivity contribution in [2.75, 3.05) is 0 Å². The molecule has 1 rings (SSSR count). The highest BCUT2D eigenvalue weighted by molar-refractivity contribution is 9.10. The molecule has 0 spiro atoms. The number of benzene rings is 1. The number of rotatable bonds is 1. The summed E-state index contributed by atoms with van der Waals surface area (Å²) in [6, 6.07) is 5.06. The number of phenolic OH excluding ortho intramolecular Hbond substituents is 2. The summed E-state index contributed by atoms with van der Waals surface area (Å²) in [4.78, 5) is 0. The van der Waals surface area contributed by atoms with Gasteiger partial charge in [0.15, 0.2) is 11.5 Å². The standard InChI is InChI=1S/C8H6BrNO2/c9-6-2-1-5(3-4-10)7(11)8(6)12/h1-2,11-12H,3H2. The van der Waals surface area contributed by atoms with E-state index in [1.54, 1.807) is 12.1 Å². The van der Waals surface area contributed by atoms with E-state index in [2.05, 4.69) is 15.9 Å². The lowest BCUT2D eigenvalue weighted by Crippen LogP contribution is -1.83. The molecule has 12 heavy (non-hydrogen) atoms. The number of halogens is 1. The van der Waals surface area contributed by atoms with Crippen molar-refractivity contribution >= 4 is 15.9 Å². The first kappa shape index (κ1) is 8.88. The van der Waals surface area contributed by atoms with Crippen molar-refractivity contribution in [3.63, 3.8) is 0 Å². The summed E-state index contributed by atoms with van der Waals surface area (Å²) >= 11 is 3.04. The van der Waals surface area contributed by atoms with E-state index in [-0.39, 0.29) is 17.9 Å². The smallest absolute Gasteiger partial charge is 0.172 e. The molecule has 0 heterocycles. The van der Waals surface area contributed by atoms with Gasteiger partial charge in [-0.25, -0.2) is 0 Å². The third-order valence-corrected chi connectivity index (χ3v) is 2.09. The molecule has 0 aromatic heterocycles. The molecule has 3 nitrogen and oxygen atoms in total. The average Bonchev–Trinajstić information content (AvgIpc) is 2.07. The highest BCUT2D eigenvalue weighted by Crippen LogP contribution is 2.35. The van der Waals surface area contributed by atoms with Gasteiger partial charge in [-0.05, 0) is 22.0 Å². The van der Waals surface area contributed by atoms with Crippen LogP contribution in [0.5, 0.6) is 11.5 Å². The van der Waals surface area contributed by atoms with E-state index in [4.69, 9.17) is 5.26 Å². The van der Waals surface area contributed by atoms with Gasteiger partial charge in [0.05, 0.1) is 17.0 Å². The minimum atomic E-state index is -0.231. The molecule has 0 aliphatic rings. The zero-order valence-electron chi connectivity index (χ0n) is 6.08. The molecule has 0 fully saturated rings. The van der Waals surface area contributed by atoms with Gasteiger partial charge in [0, 0.05) is 5.56 Å². The number of nitrogens with zero attached hydrogens (tertiary/aromatic N) is 1. The quantitative estimate of drug-likeness (QED) is 0.721. The molecule has 0 aliphatic carbocycles. The van der Waals surface area contributed by atoms with E-state index >= 15 is 0 Å². The maximum atomic E-state index is 9.28. The van der Waals surface area contributed by atoms with Crippen LogP contribution in [-0.2, 0) is 6.42 Å². The van der Waals surface area contributed by atoms with Gasteiger partial charge in [-0.3, -0.25) is 0 Å². The Morgan fingerprint density at radius 1 is 1.33 bits per heavy atom. The lowest BCUT2D eigenvalue weighted by molar-refractivity contribution is 0.398. The van der Waals surface area contributed by atoms with Crippen molar-refractivity contribution in [1.29, 1.82) is 5.26 Å². The van der Waals surface area contributed by atoms with Crippen LogP contribution in [0.3, 0.4) is 0 Å². The number of hydrogen-bond acceptors (Lipinski definition) is 3. The molecule has 1 aromatic carbocycles. The van der Waals surface area contributed by atoms with E-state index in [1.165, 1.54) is 0 Å². The van der Waals surface area contributed by atoms with Crippen molar-refractivity contribution in [1.82, 2.24) is 0 Å². The van der Waals surface area contributed by atoms with Crippen LogP contribution in [0.15, 0.2) is 16.6 Å². The van der Waals surface area contributed by atoms with Gasteiger partial charge in [-0.2, -0.15) is 5.26 Å². The highest BCUT2D eigenvalue weighted by atomic mass is 79.9. The zero-order valence-corrected chi connectivity index (χ0v) is 7.67. The van der Waals surface area contributed by atoms with Crippen LogP contribution in [0.4, 0.5) is 0 Å². The topological polar surface area (TPSA) is 64.2 Å². The second-order valence-corrected chi connectivity index (χ2v) is 3.09. The van der Waals surface area contributed by atoms with Crippen LogP contribution in [0.2, 0.25) is 0 Å². The summed E-state index contributed by atoms with van der Waals surface area (Å²) in [5.41, 5.74) is 0.429. The van der Waals surface area contributed by atoms with E-state index < -0.39 is 0 Å². The van der Waals surface area contributed by atoms with Crippen molar-refractivity contribution in [3.05, 3.63) is 22.2 Å². The number of hydrogen-bond donors (Lipinski definition) is 2. The Morgan fingerprint density at radius 2 is 2.00 bits per heavy atom. The Bertz CT molecular complexity index is 344. The van der Waals surface area contributed by atoms with Gasteiger partial charge in [-0.1, -0.05) is 6.07 Å². The number of aromatic hydroxyl groups is 2. The van der Waals surface area contributed by atoms with Crippen LogP contribution in [0.25, 0.3) is 0 Å². The minimum Gasteiger partial charge on any atom is -0.504 e. The van der Waals surface area contributed by atoms with E-state index in [1.807, 2.05) is 6.07 Å². The molecule has 62 valence electrons. The van der Waals surface area contributed by atoms with Crippen LogP contribution in [0, 0.1) is 11.3 Å².